The van der Waals surface area contributed by atoms with Gasteiger partial charge >= 0.3 is 0 Å². The molecule has 0 unspecified atom stereocenters. The van der Waals surface area contributed by atoms with Gasteiger partial charge in [0.2, 0.25) is 9.84 Å². The van der Waals surface area contributed by atoms with Crippen molar-refractivity contribution < 1.29 is 8.42 Å². The van der Waals surface area contributed by atoms with Crippen LogP contribution in [0.2, 0.25) is 0 Å². The number of sulfone groups is 1. The van der Waals surface area contributed by atoms with Crippen LogP contribution in [0.5, 0.6) is 0 Å². The van der Waals surface area contributed by atoms with Gasteiger partial charge in [-0.2, -0.15) is 0 Å². The number of nitrogens with one attached hydrogen (secondary N) is 1. The first-order chi connectivity index (χ1) is 7.12. The Balaban J connectivity index is 2.13. The summed E-state index contributed by atoms with van der Waals surface area (Å²) in [6, 6.07) is 0. The highest BCUT2D eigenvalue weighted by atomic mass is 32.2. The highest BCUT2D eigenvalue weighted by molar-refractivity contribution is 7.91. The van der Waals surface area contributed by atoms with Gasteiger partial charge in [0.25, 0.3) is 5.16 Å². The van der Waals surface area contributed by atoms with Crippen LogP contribution in [0.4, 0.5) is 0 Å². The van der Waals surface area contributed by atoms with E-state index in [0.29, 0.717) is 18.2 Å². The van der Waals surface area contributed by atoms with E-state index in [1.165, 1.54) is 0 Å². The number of aromatic amines is 1. The summed E-state index contributed by atoms with van der Waals surface area (Å²) < 4.78 is 23.6. The van der Waals surface area contributed by atoms with Gasteiger partial charge in [-0.25, -0.2) is 13.4 Å². The Bertz CT molecular complexity index is 434. The van der Waals surface area contributed by atoms with Crippen LogP contribution in [0.1, 0.15) is 32.0 Å². The Morgan fingerprint density at radius 3 is 2.67 bits per heavy atom. The molecule has 1 saturated carbocycles. The Labute approximate surface area is 89.2 Å². The van der Waals surface area contributed by atoms with Crippen LogP contribution in [-0.4, -0.2) is 29.4 Å². The van der Waals surface area contributed by atoms with Gasteiger partial charge in [0.05, 0.1) is 5.75 Å². The Kier molecular flexibility index (Phi) is 2.77. The van der Waals surface area contributed by atoms with Crippen molar-refractivity contribution in [2.75, 3.05) is 5.75 Å². The lowest BCUT2D eigenvalue weighted by Crippen LogP contribution is -2.22. The molecule has 6 heteroatoms. The van der Waals surface area contributed by atoms with Crippen molar-refractivity contribution in [3.05, 3.63) is 5.82 Å². The maximum absolute atomic E-state index is 11.8. The standard InChI is InChI=1S/C9H15N3O2S/c1-2-8-10-9(12-11-8)15(13,14)6-7-4-3-5-7/h7H,2-6H2,1H3,(H,10,11,12). The van der Waals surface area contributed by atoms with Crippen molar-refractivity contribution in [3.63, 3.8) is 0 Å². The largest absolute Gasteiger partial charge is 0.266 e. The van der Waals surface area contributed by atoms with Gasteiger partial charge in [0.1, 0.15) is 5.82 Å². The molecule has 1 aliphatic rings. The minimum absolute atomic E-state index is 0.0359. The molecule has 84 valence electrons. The number of aromatic nitrogens is 3. The normalized spacial score (nSPS) is 17.7. The SMILES string of the molecule is CCc1nc(S(=O)(=O)CC2CCC2)n[nH]1. The fraction of sp³-hybridized carbons (Fsp3) is 0.778. The predicted molar refractivity (Wildman–Crippen MR) is 55.2 cm³/mol. The summed E-state index contributed by atoms with van der Waals surface area (Å²) in [6.45, 7) is 1.91. The van der Waals surface area contributed by atoms with Gasteiger partial charge in [-0.1, -0.05) is 13.3 Å². The first-order valence-electron chi connectivity index (χ1n) is 5.26. The third kappa shape index (κ3) is 2.19. The van der Waals surface area contributed by atoms with Crippen LogP contribution in [0.15, 0.2) is 5.16 Å². The molecule has 0 aromatic carbocycles. The van der Waals surface area contributed by atoms with E-state index >= 15 is 0 Å². The fourth-order valence-electron chi connectivity index (χ4n) is 1.62. The van der Waals surface area contributed by atoms with E-state index in [4.69, 9.17) is 0 Å². The molecule has 0 atom stereocenters. The average molecular weight is 229 g/mol. The molecule has 1 N–H and O–H groups in total. The summed E-state index contributed by atoms with van der Waals surface area (Å²) in [5.41, 5.74) is 0. The molecular weight excluding hydrogens is 214 g/mol. The minimum Gasteiger partial charge on any atom is -0.262 e. The van der Waals surface area contributed by atoms with Gasteiger partial charge in [0, 0.05) is 6.42 Å². The van der Waals surface area contributed by atoms with E-state index in [0.717, 1.165) is 19.3 Å². The van der Waals surface area contributed by atoms with Gasteiger partial charge in [-0.05, 0) is 18.8 Å². The van der Waals surface area contributed by atoms with Crippen LogP contribution < -0.4 is 0 Å². The molecule has 2 rings (SSSR count). The molecule has 1 aromatic heterocycles. The first kappa shape index (κ1) is 10.6. The maximum Gasteiger partial charge on any atom is 0.266 e. The second-order valence-corrected chi connectivity index (χ2v) is 5.92. The zero-order valence-electron chi connectivity index (χ0n) is 8.73. The minimum atomic E-state index is -3.26. The molecule has 1 fully saturated rings. The van der Waals surface area contributed by atoms with Crippen molar-refractivity contribution in [2.24, 2.45) is 5.92 Å². The van der Waals surface area contributed by atoms with Crippen molar-refractivity contribution in [1.29, 1.82) is 0 Å². The van der Waals surface area contributed by atoms with E-state index < -0.39 is 9.84 Å². The van der Waals surface area contributed by atoms with Crippen LogP contribution in [-0.2, 0) is 16.3 Å². The highest BCUT2D eigenvalue weighted by Crippen LogP contribution is 2.28. The molecule has 0 aliphatic heterocycles. The zero-order chi connectivity index (χ0) is 10.9. The molecule has 15 heavy (non-hydrogen) atoms. The van der Waals surface area contributed by atoms with Crippen LogP contribution in [0.3, 0.4) is 0 Å². The van der Waals surface area contributed by atoms with Crippen molar-refractivity contribution >= 4 is 9.84 Å². The summed E-state index contributed by atoms with van der Waals surface area (Å²) in [4.78, 5) is 3.96. The maximum atomic E-state index is 11.8. The monoisotopic (exact) mass is 229 g/mol. The summed E-state index contributed by atoms with van der Waals surface area (Å²) in [5.74, 6) is 1.15. The smallest absolute Gasteiger partial charge is 0.262 e. The molecule has 0 amide bonds. The van der Waals surface area contributed by atoms with Crippen molar-refractivity contribution in [1.82, 2.24) is 15.2 Å². The zero-order valence-corrected chi connectivity index (χ0v) is 9.55. The molecule has 1 aromatic rings. The van der Waals surface area contributed by atoms with Gasteiger partial charge in [0.15, 0.2) is 0 Å². The van der Waals surface area contributed by atoms with E-state index in [1.54, 1.807) is 0 Å². The van der Waals surface area contributed by atoms with E-state index in [9.17, 15) is 8.42 Å². The Morgan fingerprint density at radius 1 is 1.47 bits per heavy atom. The molecule has 0 bridgehead atoms. The van der Waals surface area contributed by atoms with E-state index in [2.05, 4.69) is 15.2 Å². The summed E-state index contributed by atoms with van der Waals surface area (Å²) in [6.07, 6.45) is 3.86. The number of nitrogens with zero attached hydrogens (tertiary/aromatic N) is 2. The number of H-pyrrole nitrogens is 1. The summed E-state index contributed by atoms with van der Waals surface area (Å²) in [7, 11) is -3.26. The van der Waals surface area contributed by atoms with Crippen LogP contribution in [0, 0.1) is 5.92 Å². The second-order valence-electron chi connectivity index (χ2n) is 4.00. The van der Waals surface area contributed by atoms with E-state index in [-0.39, 0.29) is 10.9 Å². The molecule has 1 heterocycles. The highest BCUT2D eigenvalue weighted by Gasteiger charge is 2.28. The molecule has 5 nitrogen and oxygen atoms in total. The molecular formula is C9H15N3O2S. The number of hydrogen-bond acceptors (Lipinski definition) is 4. The van der Waals surface area contributed by atoms with Gasteiger partial charge < -0.3 is 0 Å². The van der Waals surface area contributed by atoms with Gasteiger partial charge in [-0.15, -0.1) is 5.10 Å². The Morgan fingerprint density at radius 2 is 2.20 bits per heavy atom. The number of rotatable bonds is 4. The second kappa shape index (κ2) is 3.92. The third-order valence-corrected chi connectivity index (χ3v) is 4.45. The first-order valence-corrected chi connectivity index (χ1v) is 6.91. The lowest BCUT2D eigenvalue weighted by atomic mass is 9.87. The lowest BCUT2D eigenvalue weighted by molar-refractivity contribution is 0.347. The van der Waals surface area contributed by atoms with Crippen LogP contribution >= 0.6 is 0 Å². The molecule has 0 spiro atoms. The average Bonchev–Trinajstić information content (AvgIpc) is 2.60. The predicted octanol–water partition coefficient (Wildman–Crippen LogP) is 0.941. The molecule has 0 radical (unpaired) electrons. The summed E-state index contributed by atoms with van der Waals surface area (Å²) >= 11 is 0. The fourth-order valence-corrected chi connectivity index (χ4v) is 3.16. The topological polar surface area (TPSA) is 75.7 Å². The van der Waals surface area contributed by atoms with Crippen molar-refractivity contribution in [3.8, 4) is 0 Å². The molecule has 0 saturated heterocycles. The number of hydrogen-bond donors (Lipinski definition) is 1. The quantitative estimate of drug-likeness (QED) is 0.833. The number of aryl methyl sites for hydroxylation is 1. The van der Waals surface area contributed by atoms with Crippen molar-refractivity contribution in [2.45, 2.75) is 37.8 Å². The van der Waals surface area contributed by atoms with Gasteiger partial charge in [-0.3, -0.25) is 5.10 Å². The third-order valence-electron chi connectivity index (χ3n) is 2.80. The van der Waals surface area contributed by atoms with Crippen LogP contribution in [0.25, 0.3) is 0 Å². The molecule has 1 aliphatic carbocycles. The Hall–Kier alpha value is -0.910. The lowest BCUT2D eigenvalue weighted by Gasteiger charge is -2.23. The summed E-state index contributed by atoms with van der Waals surface area (Å²) in [5, 5.41) is 6.34. The van der Waals surface area contributed by atoms with E-state index in [1.807, 2.05) is 6.92 Å².